The van der Waals surface area contributed by atoms with Gasteiger partial charge in [-0.25, -0.2) is 0 Å². The van der Waals surface area contributed by atoms with Gasteiger partial charge in [0.1, 0.15) is 7.28 Å². The third-order valence-electron chi connectivity index (χ3n) is 0.408. The summed E-state index contributed by atoms with van der Waals surface area (Å²) < 4.78 is 0. The van der Waals surface area contributed by atoms with Gasteiger partial charge in [0, 0.05) is 0 Å². The lowest BCUT2D eigenvalue weighted by Crippen LogP contribution is -1.67. The highest BCUT2D eigenvalue weighted by atomic mass is 13.3. The summed E-state index contributed by atoms with van der Waals surface area (Å²) in [6.07, 6.45) is 1.19. The molecule has 0 aromatic rings. The van der Waals surface area contributed by atoms with Crippen molar-refractivity contribution in [1.82, 2.24) is 0 Å². The smallest absolute Gasteiger partial charge is 0.0920 e. The molecular weight excluding hydrogens is 46.8 g/mol. The van der Waals surface area contributed by atoms with Gasteiger partial charge in [-0.3, -0.25) is 0 Å². The molecule has 0 saturated carbocycles. The minimum Gasteiger partial charge on any atom is -0.0920 e. The van der Waals surface area contributed by atoms with Crippen LogP contribution in [-0.2, 0) is 0 Å². The summed E-state index contributed by atoms with van der Waals surface area (Å²) >= 11 is 0. The lowest BCUT2D eigenvalue weighted by Gasteiger charge is -1.64. The van der Waals surface area contributed by atoms with E-state index in [4.69, 9.17) is 0 Å². The highest BCUT2D eigenvalue weighted by molar-refractivity contribution is 6.33. The second kappa shape index (κ2) is 3.06. The van der Waals surface area contributed by atoms with Crippen LogP contribution < -0.4 is 0 Å². The predicted octanol–water partition coefficient (Wildman–Crippen LogP) is 1.18. The van der Waals surface area contributed by atoms with Crippen molar-refractivity contribution in [3.63, 3.8) is 0 Å². The first kappa shape index (κ1) is 4.06. The van der Waals surface area contributed by atoms with Gasteiger partial charge in [0.2, 0.25) is 0 Å². The maximum atomic E-state index is 2.12. The van der Waals surface area contributed by atoms with E-state index in [9.17, 15) is 0 Å². The van der Waals surface area contributed by atoms with Crippen LogP contribution in [0.3, 0.4) is 0 Å². The molecule has 0 rings (SSSR count). The van der Waals surface area contributed by atoms with E-state index in [0.29, 0.717) is 0 Å². The van der Waals surface area contributed by atoms with Crippen LogP contribution in [0.25, 0.3) is 0 Å². The van der Waals surface area contributed by atoms with Crippen molar-refractivity contribution < 1.29 is 0 Å². The van der Waals surface area contributed by atoms with E-state index < -0.39 is 0 Å². The van der Waals surface area contributed by atoms with Crippen LogP contribution in [0.15, 0.2) is 0 Å². The molecule has 0 amide bonds. The Balaban J connectivity index is 1.97. The topological polar surface area (TPSA) is 0 Å². The van der Waals surface area contributed by atoms with Crippen LogP contribution in [0.4, 0.5) is 0 Å². The third kappa shape index (κ3) is 2.06. The third-order valence-corrected chi connectivity index (χ3v) is 0.408. The Labute approximate surface area is 28.5 Å². The zero-order chi connectivity index (χ0) is 3.41. The Kier molecular flexibility index (Phi) is 3.11. The maximum absolute atomic E-state index is 2.12. The van der Waals surface area contributed by atoms with Crippen molar-refractivity contribution in [2.24, 2.45) is 0 Å². The van der Waals surface area contributed by atoms with Gasteiger partial charge in [-0.05, 0) is 0 Å². The van der Waals surface area contributed by atoms with Crippen molar-refractivity contribution in [3.05, 3.63) is 0 Å². The van der Waals surface area contributed by atoms with Gasteiger partial charge in [0.05, 0.1) is 0 Å². The Hall–Kier alpha value is 0.0649. The molecule has 0 unspecified atom stereocenters. The molecule has 0 atom stereocenters. The molecule has 0 fully saturated rings. The maximum Gasteiger partial charge on any atom is 0.105 e. The van der Waals surface area contributed by atoms with Gasteiger partial charge in [0.25, 0.3) is 0 Å². The van der Waals surface area contributed by atoms with Gasteiger partial charge < -0.3 is 0 Å². The summed E-state index contributed by atoms with van der Waals surface area (Å²) in [7, 11) is 2.12. The quantitative estimate of drug-likeness (QED) is 0.395. The van der Waals surface area contributed by atoms with E-state index in [1.165, 1.54) is 6.32 Å². The zero-order valence-corrected chi connectivity index (χ0v) is 3.28. The Bertz CT molecular complexity index is 5.25. The second-order valence-corrected chi connectivity index (χ2v) is 0.816. The van der Waals surface area contributed by atoms with Crippen molar-refractivity contribution in [1.29, 1.82) is 0 Å². The van der Waals surface area contributed by atoms with E-state index in [1.807, 2.05) is 0 Å². The molecule has 0 aliphatic rings. The fraction of sp³-hybridized carbons (Fsp3) is 1.00. The van der Waals surface area contributed by atoms with Crippen LogP contribution in [0, 0.1) is 0 Å². The normalized spacial score (nSPS) is 6.50. The van der Waals surface area contributed by atoms with Crippen molar-refractivity contribution in [3.8, 4) is 0 Å². The summed E-state index contributed by atoms with van der Waals surface area (Å²) in [5, 5.41) is 0. The molecule has 0 saturated heterocycles. The minimum atomic E-state index is 1.19. The fourth-order valence-corrected chi connectivity index (χ4v) is 0. The average molecular weight is 54.9 g/mol. The van der Waals surface area contributed by atoms with E-state index in [2.05, 4.69) is 21.0 Å². The van der Waals surface area contributed by atoms with E-state index in [-0.39, 0.29) is 0 Å². The zero-order valence-electron chi connectivity index (χ0n) is 3.28. The highest BCUT2D eigenvalue weighted by Gasteiger charge is 1.61. The number of hydrogen-bond acceptors (Lipinski definition) is 0. The first-order valence-corrected chi connectivity index (χ1v) is 1.69. The molecule has 0 aromatic carbocycles. The summed E-state index contributed by atoms with van der Waals surface area (Å²) in [6.45, 7) is 4.18. The Morgan fingerprint density at radius 1 is 1.75 bits per heavy atom. The molecule has 0 aromatic heterocycles. The van der Waals surface area contributed by atoms with E-state index >= 15 is 0 Å². The molecule has 4 heavy (non-hydrogen) atoms. The molecule has 0 spiro atoms. The summed E-state index contributed by atoms with van der Waals surface area (Å²) in [5.74, 6) is 0. The van der Waals surface area contributed by atoms with Crippen LogP contribution >= 0.6 is 0 Å². The number of hydrogen-bond donors (Lipinski definition) is 0. The largest absolute Gasteiger partial charge is 0.105 e. The van der Waals surface area contributed by atoms with Gasteiger partial charge in [-0.15, -0.1) is 0 Å². The molecule has 1 radical (unpaired) electrons. The van der Waals surface area contributed by atoms with Gasteiger partial charge in [-0.2, -0.15) is 0 Å². The lowest BCUT2D eigenvalue weighted by atomic mass is 9.79. The van der Waals surface area contributed by atoms with E-state index in [1.54, 1.807) is 0 Å². The highest BCUT2D eigenvalue weighted by Crippen LogP contribution is 1.64. The summed E-state index contributed by atoms with van der Waals surface area (Å²) in [4.78, 5) is 0. The molecule has 1 heteroatoms. The van der Waals surface area contributed by atoms with Crippen LogP contribution in [0.5, 0.6) is 0 Å². The second-order valence-electron chi connectivity index (χ2n) is 0.816. The van der Waals surface area contributed by atoms with Crippen molar-refractivity contribution in [2.45, 2.75) is 20.1 Å². The molecule has 0 bridgehead atoms. The molecular formula is C3H8B. The monoisotopic (exact) mass is 55.1 g/mol. The molecule has 0 heterocycles. The first-order chi connectivity index (χ1) is 1.91. The van der Waals surface area contributed by atoms with E-state index in [0.717, 1.165) is 0 Å². The first-order valence-electron chi connectivity index (χ1n) is 1.69. The van der Waals surface area contributed by atoms with Gasteiger partial charge in [-0.1, -0.05) is 20.1 Å². The molecule has 0 N–H and O–H groups in total. The van der Waals surface area contributed by atoms with Crippen LogP contribution in [-0.4, -0.2) is 7.28 Å². The minimum absolute atomic E-state index is 1.19. The Morgan fingerprint density at radius 2 is 2.00 bits per heavy atom. The summed E-state index contributed by atoms with van der Waals surface area (Å²) in [6, 6.07) is 0. The summed E-state index contributed by atoms with van der Waals surface area (Å²) in [5.41, 5.74) is 0. The SMILES string of the molecule is C[B]CC. The van der Waals surface area contributed by atoms with Crippen molar-refractivity contribution >= 4 is 7.28 Å². The standard InChI is InChI=1S/C3H8B/c1-3-4-2/h3H2,1-2H3. The fourth-order valence-electron chi connectivity index (χ4n) is 0. The lowest BCUT2D eigenvalue weighted by molar-refractivity contribution is 1.45. The molecule has 0 aliphatic heterocycles. The predicted molar refractivity (Wildman–Crippen MR) is 22.1 cm³/mol. The van der Waals surface area contributed by atoms with Crippen LogP contribution in [0.1, 0.15) is 6.92 Å². The molecule has 23 valence electrons. The van der Waals surface area contributed by atoms with Gasteiger partial charge >= 0.3 is 0 Å². The van der Waals surface area contributed by atoms with Crippen LogP contribution in [0.2, 0.25) is 13.1 Å². The molecule has 0 aliphatic carbocycles. The van der Waals surface area contributed by atoms with Gasteiger partial charge in [0.15, 0.2) is 0 Å². The van der Waals surface area contributed by atoms with Crippen molar-refractivity contribution in [2.75, 3.05) is 0 Å². The average Bonchev–Trinajstić information content (AvgIpc) is 1.37. The molecule has 0 nitrogen and oxygen atoms in total. The Morgan fingerprint density at radius 3 is 2.00 bits per heavy atom. The number of rotatable bonds is 1.